The molecular weight excluding hydrogens is 290 g/mol. The zero-order chi connectivity index (χ0) is 15.3. The zero-order valence-electron chi connectivity index (χ0n) is 11.6. The van der Waals surface area contributed by atoms with Gasteiger partial charge in [-0.05, 0) is 29.8 Å². The monoisotopic (exact) mass is 307 g/mol. The van der Waals surface area contributed by atoms with Crippen LogP contribution < -0.4 is 11.3 Å². The van der Waals surface area contributed by atoms with Crippen molar-refractivity contribution in [1.29, 1.82) is 0 Å². The highest BCUT2D eigenvalue weighted by Crippen LogP contribution is 2.18. The van der Waals surface area contributed by atoms with Gasteiger partial charge in [-0.2, -0.15) is 4.31 Å². The van der Waals surface area contributed by atoms with Crippen molar-refractivity contribution in [1.82, 2.24) is 14.3 Å². The average Bonchev–Trinajstić information content (AvgIpc) is 2.53. The van der Waals surface area contributed by atoms with Crippen LogP contribution in [0.2, 0.25) is 0 Å². The van der Waals surface area contributed by atoms with Crippen LogP contribution in [0, 0.1) is 0 Å². The molecule has 0 aliphatic heterocycles. The predicted molar refractivity (Wildman–Crippen MR) is 79.6 cm³/mol. The maximum atomic E-state index is 12.6. The molecule has 0 saturated heterocycles. The maximum absolute atomic E-state index is 12.6. The molecule has 0 aliphatic carbocycles. The molecule has 2 aromatic heterocycles. The number of nitrogens with one attached hydrogen (secondary N) is 1. The van der Waals surface area contributed by atoms with E-state index in [9.17, 15) is 8.42 Å². The first kappa shape index (κ1) is 15.4. The smallest absolute Gasteiger partial charge is 0.244 e. The molecule has 112 valence electrons. The van der Waals surface area contributed by atoms with Gasteiger partial charge in [0.25, 0.3) is 0 Å². The third-order valence-electron chi connectivity index (χ3n) is 2.98. The van der Waals surface area contributed by atoms with E-state index >= 15 is 0 Å². The van der Waals surface area contributed by atoms with Gasteiger partial charge in [0.1, 0.15) is 10.7 Å². The molecule has 8 heteroatoms. The normalized spacial score (nSPS) is 11.6. The average molecular weight is 307 g/mol. The fraction of sp³-hybridized carbons (Fsp3) is 0.231. The minimum atomic E-state index is -3.59. The number of rotatable bonds is 6. The van der Waals surface area contributed by atoms with Gasteiger partial charge >= 0.3 is 0 Å². The second-order valence-electron chi connectivity index (χ2n) is 4.31. The summed E-state index contributed by atoms with van der Waals surface area (Å²) in [6.45, 7) is 2.45. The second-order valence-corrected chi connectivity index (χ2v) is 6.25. The molecule has 0 bridgehead atoms. The van der Waals surface area contributed by atoms with Gasteiger partial charge in [0.2, 0.25) is 10.0 Å². The number of hydrogen-bond acceptors (Lipinski definition) is 6. The zero-order valence-corrected chi connectivity index (χ0v) is 12.4. The van der Waals surface area contributed by atoms with Gasteiger partial charge in [-0.25, -0.2) is 19.2 Å². The van der Waals surface area contributed by atoms with Crippen LogP contribution >= 0.6 is 0 Å². The Morgan fingerprint density at radius 2 is 1.95 bits per heavy atom. The summed E-state index contributed by atoms with van der Waals surface area (Å²) in [4.78, 5) is 7.99. The Morgan fingerprint density at radius 3 is 2.48 bits per heavy atom. The number of anilines is 1. The van der Waals surface area contributed by atoms with Crippen LogP contribution in [0.25, 0.3) is 0 Å². The van der Waals surface area contributed by atoms with E-state index in [1.54, 1.807) is 31.5 Å². The SMILES string of the molecule is CCN(Cc1ccncc1)S(=O)(=O)c1ccc(NN)nc1. The van der Waals surface area contributed by atoms with Crippen LogP contribution in [0.4, 0.5) is 5.82 Å². The van der Waals surface area contributed by atoms with E-state index in [0.29, 0.717) is 12.4 Å². The van der Waals surface area contributed by atoms with Crippen molar-refractivity contribution in [2.45, 2.75) is 18.4 Å². The lowest BCUT2D eigenvalue weighted by Crippen LogP contribution is -2.30. The first-order valence-corrected chi connectivity index (χ1v) is 7.83. The van der Waals surface area contributed by atoms with Crippen LogP contribution in [0.5, 0.6) is 0 Å². The van der Waals surface area contributed by atoms with Crippen LogP contribution in [0.1, 0.15) is 12.5 Å². The standard InChI is InChI=1S/C13H17N5O2S/c1-2-18(10-11-5-7-15-8-6-11)21(19,20)12-3-4-13(17-14)16-9-12/h3-9H,2,10,14H2,1H3,(H,16,17). The highest BCUT2D eigenvalue weighted by molar-refractivity contribution is 7.89. The minimum absolute atomic E-state index is 0.136. The van der Waals surface area contributed by atoms with E-state index in [-0.39, 0.29) is 11.4 Å². The van der Waals surface area contributed by atoms with Crippen molar-refractivity contribution < 1.29 is 8.42 Å². The molecule has 2 rings (SSSR count). The molecule has 0 aliphatic rings. The summed E-state index contributed by atoms with van der Waals surface area (Å²) in [5.74, 6) is 5.63. The molecule has 21 heavy (non-hydrogen) atoms. The third-order valence-corrected chi connectivity index (χ3v) is 4.89. The number of sulfonamides is 1. The van der Waals surface area contributed by atoms with E-state index in [4.69, 9.17) is 5.84 Å². The lowest BCUT2D eigenvalue weighted by atomic mass is 10.3. The Balaban J connectivity index is 2.26. The lowest BCUT2D eigenvalue weighted by molar-refractivity contribution is 0.423. The number of pyridine rings is 2. The number of nitrogen functional groups attached to an aromatic ring is 1. The van der Waals surface area contributed by atoms with Crippen LogP contribution in [-0.4, -0.2) is 29.2 Å². The first-order valence-electron chi connectivity index (χ1n) is 6.39. The van der Waals surface area contributed by atoms with Gasteiger partial charge < -0.3 is 5.43 Å². The maximum Gasteiger partial charge on any atom is 0.244 e. The van der Waals surface area contributed by atoms with Gasteiger partial charge in [0.15, 0.2) is 0 Å². The van der Waals surface area contributed by atoms with Crippen molar-refractivity contribution >= 4 is 15.8 Å². The highest BCUT2D eigenvalue weighted by atomic mass is 32.2. The van der Waals surface area contributed by atoms with Crippen molar-refractivity contribution in [3.8, 4) is 0 Å². The molecule has 0 aromatic carbocycles. The van der Waals surface area contributed by atoms with Crippen molar-refractivity contribution in [3.05, 3.63) is 48.4 Å². The molecule has 0 amide bonds. The summed E-state index contributed by atoms with van der Waals surface area (Å²) in [7, 11) is -3.59. The van der Waals surface area contributed by atoms with Crippen molar-refractivity contribution in [3.63, 3.8) is 0 Å². The minimum Gasteiger partial charge on any atom is -0.308 e. The van der Waals surface area contributed by atoms with Crippen molar-refractivity contribution in [2.24, 2.45) is 5.84 Å². The molecule has 2 aromatic rings. The number of nitrogens with two attached hydrogens (primary N) is 1. The predicted octanol–water partition coefficient (Wildman–Crippen LogP) is 0.973. The van der Waals surface area contributed by atoms with E-state index in [1.807, 2.05) is 0 Å². The Bertz CT molecular complexity index is 673. The van der Waals surface area contributed by atoms with Crippen molar-refractivity contribution in [2.75, 3.05) is 12.0 Å². The fourth-order valence-corrected chi connectivity index (χ4v) is 3.21. The molecule has 3 N–H and O–H groups in total. The Morgan fingerprint density at radius 1 is 1.24 bits per heavy atom. The molecule has 0 fully saturated rings. The second kappa shape index (κ2) is 6.61. The largest absolute Gasteiger partial charge is 0.308 e. The molecule has 0 radical (unpaired) electrons. The molecule has 7 nitrogen and oxygen atoms in total. The van der Waals surface area contributed by atoms with E-state index in [2.05, 4.69) is 15.4 Å². The van der Waals surface area contributed by atoms with Crippen LogP contribution in [0.15, 0.2) is 47.8 Å². The quantitative estimate of drug-likeness (QED) is 0.609. The Kier molecular flexibility index (Phi) is 4.84. The summed E-state index contributed by atoms with van der Waals surface area (Å²) in [5, 5.41) is 0. The van der Waals surface area contributed by atoms with E-state index < -0.39 is 10.0 Å². The fourth-order valence-electron chi connectivity index (χ4n) is 1.83. The Hall–Kier alpha value is -2.03. The molecular formula is C13H17N5O2S. The van der Waals surface area contributed by atoms with Gasteiger partial charge in [-0.1, -0.05) is 6.92 Å². The number of hydrazine groups is 1. The van der Waals surface area contributed by atoms with E-state index in [0.717, 1.165) is 5.56 Å². The summed E-state index contributed by atoms with van der Waals surface area (Å²) in [6, 6.07) is 6.58. The molecule has 0 unspecified atom stereocenters. The summed E-state index contributed by atoms with van der Waals surface area (Å²) >= 11 is 0. The molecule has 0 saturated carbocycles. The lowest BCUT2D eigenvalue weighted by Gasteiger charge is -2.20. The number of nitrogens with zero attached hydrogens (tertiary/aromatic N) is 3. The van der Waals surface area contributed by atoms with Gasteiger partial charge in [-0.3, -0.25) is 4.98 Å². The molecule has 0 spiro atoms. The number of aromatic nitrogens is 2. The third kappa shape index (κ3) is 3.54. The topological polar surface area (TPSA) is 101 Å². The molecule has 2 heterocycles. The van der Waals surface area contributed by atoms with Gasteiger partial charge in [-0.15, -0.1) is 0 Å². The Labute approximate surface area is 123 Å². The van der Waals surface area contributed by atoms with Gasteiger partial charge in [0, 0.05) is 31.7 Å². The van der Waals surface area contributed by atoms with Crippen LogP contribution in [0.3, 0.4) is 0 Å². The number of hydrogen-bond donors (Lipinski definition) is 2. The summed E-state index contributed by atoms with van der Waals surface area (Å²) < 4.78 is 26.6. The van der Waals surface area contributed by atoms with E-state index in [1.165, 1.54) is 22.6 Å². The first-order chi connectivity index (χ1) is 10.1. The molecule has 0 atom stereocenters. The van der Waals surface area contributed by atoms with Gasteiger partial charge in [0.05, 0.1) is 0 Å². The summed E-state index contributed by atoms with van der Waals surface area (Å²) in [6.07, 6.45) is 4.57. The highest BCUT2D eigenvalue weighted by Gasteiger charge is 2.23. The van der Waals surface area contributed by atoms with Crippen LogP contribution in [-0.2, 0) is 16.6 Å². The summed E-state index contributed by atoms with van der Waals surface area (Å²) in [5.41, 5.74) is 3.24.